The van der Waals surface area contributed by atoms with Gasteiger partial charge in [-0.15, -0.1) is 11.3 Å². The van der Waals surface area contributed by atoms with E-state index in [0.717, 1.165) is 5.56 Å². The summed E-state index contributed by atoms with van der Waals surface area (Å²) in [7, 11) is 0. The van der Waals surface area contributed by atoms with Gasteiger partial charge in [-0.2, -0.15) is 5.26 Å². The van der Waals surface area contributed by atoms with Gasteiger partial charge in [0, 0.05) is 28.6 Å². The second-order valence-electron chi connectivity index (χ2n) is 5.49. The Hall–Kier alpha value is -3.50. The average Bonchev–Trinajstić information content (AvgIpc) is 3.17. The summed E-state index contributed by atoms with van der Waals surface area (Å²) in [6.07, 6.45) is 1.74. The van der Waals surface area contributed by atoms with Gasteiger partial charge >= 0.3 is 0 Å². The number of para-hydroxylation sites is 1. The summed E-state index contributed by atoms with van der Waals surface area (Å²) in [6.45, 7) is 2.43. The van der Waals surface area contributed by atoms with Crippen molar-refractivity contribution in [2.75, 3.05) is 6.61 Å². The molecule has 0 radical (unpaired) electrons. The van der Waals surface area contributed by atoms with Crippen molar-refractivity contribution in [2.24, 2.45) is 0 Å². The molecule has 6 nitrogen and oxygen atoms in total. The molecule has 3 rings (SSSR count). The lowest BCUT2D eigenvalue weighted by molar-refractivity contribution is -0.384. The van der Waals surface area contributed by atoms with E-state index in [2.05, 4.69) is 11.1 Å². The van der Waals surface area contributed by atoms with Crippen molar-refractivity contribution in [3.63, 3.8) is 0 Å². The van der Waals surface area contributed by atoms with E-state index in [1.807, 2.05) is 31.2 Å². The molecule has 0 spiro atoms. The minimum absolute atomic E-state index is 0.00346. The zero-order valence-corrected chi connectivity index (χ0v) is 15.3. The molecule has 27 heavy (non-hydrogen) atoms. The summed E-state index contributed by atoms with van der Waals surface area (Å²) in [4.78, 5) is 15.0. The van der Waals surface area contributed by atoms with E-state index in [9.17, 15) is 15.4 Å². The molecule has 0 aliphatic carbocycles. The number of allylic oxidation sites excluding steroid dienone is 1. The Labute approximate surface area is 160 Å². The molecule has 7 heteroatoms. The molecule has 0 atom stereocenters. The van der Waals surface area contributed by atoms with E-state index in [0.29, 0.717) is 34.2 Å². The number of rotatable bonds is 6. The average molecular weight is 377 g/mol. The highest BCUT2D eigenvalue weighted by Crippen LogP contribution is 2.30. The van der Waals surface area contributed by atoms with Gasteiger partial charge in [0.15, 0.2) is 0 Å². The third kappa shape index (κ3) is 4.19. The monoisotopic (exact) mass is 377 g/mol. The molecule has 0 saturated carbocycles. The van der Waals surface area contributed by atoms with E-state index < -0.39 is 4.92 Å². The fourth-order valence-electron chi connectivity index (χ4n) is 2.49. The number of benzene rings is 2. The number of aromatic nitrogens is 1. The summed E-state index contributed by atoms with van der Waals surface area (Å²) < 4.78 is 5.59. The van der Waals surface area contributed by atoms with Crippen molar-refractivity contribution in [2.45, 2.75) is 6.92 Å². The van der Waals surface area contributed by atoms with Crippen LogP contribution in [0.2, 0.25) is 0 Å². The standard InChI is InChI=1S/C20H15N3O3S/c1-2-26-19-9-4-3-6-15(19)10-16(12-21)20-22-18(13-27-20)14-7-5-8-17(11-14)23(24)25/h3-11,13H,2H2,1H3/b16-10-. The maximum Gasteiger partial charge on any atom is 0.270 e. The van der Waals surface area contributed by atoms with Crippen LogP contribution in [0.1, 0.15) is 17.5 Å². The quantitative estimate of drug-likeness (QED) is 0.335. The summed E-state index contributed by atoms with van der Waals surface area (Å²) in [5.41, 5.74) is 2.44. The highest BCUT2D eigenvalue weighted by molar-refractivity contribution is 7.11. The van der Waals surface area contributed by atoms with Crippen LogP contribution in [0.25, 0.3) is 22.9 Å². The lowest BCUT2D eigenvalue weighted by Crippen LogP contribution is -1.93. The van der Waals surface area contributed by atoms with Gasteiger partial charge in [-0.25, -0.2) is 4.98 Å². The summed E-state index contributed by atoms with van der Waals surface area (Å²) in [6, 6.07) is 15.9. The van der Waals surface area contributed by atoms with Crippen LogP contribution in [0.15, 0.2) is 53.9 Å². The molecule has 0 saturated heterocycles. The number of nitro benzene ring substituents is 1. The SMILES string of the molecule is CCOc1ccccc1/C=C(/C#N)c1nc(-c2cccc([N+](=O)[O-])c2)cs1. The molecule has 1 aromatic heterocycles. The predicted octanol–water partition coefficient (Wildman–Crippen LogP) is 5.18. The highest BCUT2D eigenvalue weighted by atomic mass is 32.1. The van der Waals surface area contributed by atoms with Crippen LogP contribution in [0.3, 0.4) is 0 Å². The Kier molecular flexibility index (Phi) is 5.59. The number of hydrogen-bond donors (Lipinski definition) is 0. The third-order valence-corrected chi connectivity index (χ3v) is 4.60. The van der Waals surface area contributed by atoms with Crippen LogP contribution in [-0.2, 0) is 0 Å². The smallest absolute Gasteiger partial charge is 0.270 e. The van der Waals surface area contributed by atoms with Gasteiger partial charge in [0.1, 0.15) is 16.8 Å². The van der Waals surface area contributed by atoms with Crippen molar-refractivity contribution < 1.29 is 9.66 Å². The highest BCUT2D eigenvalue weighted by Gasteiger charge is 2.13. The van der Waals surface area contributed by atoms with Crippen molar-refractivity contribution >= 4 is 28.7 Å². The van der Waals surface area contributed by atoms with Crippen LogP contribution in [-0.4, -0.2) is 16.5 Å². The number of nitrogens with zero attached hydrogens (tertiary/aromatic N) is 3. The molecule has 1 heterocycles. The fourth-order valence-corrected chi connectivity index (χ4v) is 3.29. The van der Waals surface area contributed by atoms with Crippen molar-refractivity contribution in [1.29, 1.82) is 5.26 Å². The number of thiazole rings is 1. The summed E-state index contributed by atoms with van der Waals surface area (Å²) in [5, 5.41) is 22.9. The number of ether oxygens (including phenoxy) is 1. The molecule has 2 aromatic carbocycles. The minimum Gasteiger partial charge on any atom is -0.493 e. The summed E-state index contributed by atoms with van der Waals surface area (Å²) in [5.74, 6) is 0.697. The Morgan fingerprint density at radius 1 is 1.33 bits per heavy atom. The van der Waals surface area contributed by atoms with Gasteiger partial charge in [-0.1, -0.05) is 30.3 Å². The Balaban J connectivity index is 1.96. The molecule has 0 bridgehead atoms. The van der Waals surface area contributed by atoms with E-state index in [4.69, 9.17) is 4.74 Å². The van der Waals surface area contributed by atoms with Crippen molar-refractivity contribution in [1.82, 2.24) is 4.98 Å². The topological polar surface area (TPSA) is 89.0 Å². The molecular formula is C20H15N3O3S. The van der Waals surface area contributed by atoms with Crippen LogP contribution in [0, 0.1) is 21.4 Å². The molecule has 0 aliphatic heterocycles. The Morgan fingerprint density at radius 2 is 2.15 bits per heavy atom. The molecular weight excluding hydrogens is 362 g/mol. The number of hydrogen-bond acceptors (Lipinski definition) is 6. The first kappa shape index (κ1) is 18.3. The summed E-state index contributed by atoms with van der Waals surface area (Å²) >= 11 is 1.32. The lowest BCUT2D eigenvalue weighted by Gasteiger charge is -2.06. The van der Waals surface area contributed by atoms with Crippen LogP contribution in [0.5, 0.6) is 5.75 Å². The Morgan fingerprint density at radius 3 is 2.89 bits per heavy atom. The number of non-ortho nitro benzene ring substituents is 1. The van der Waals surface area contributed by atoms with E-state index in [1.54, 1.807) is 23.6 Å². The molecule has 0 amide bonds. The first-order valence-electron chi connectivity index (χ1n) is 8.16. The zero-order chi connectivity index (χ0) is 19.2. The lowest BCUT2D eigenvalue weighted by atomic mass is 10.1. The largest absolute Gasteiger partial charge is 0.493 e. The second kappa shape index (κ2) is 8.25. The van der Waals surface area contributed by atoms with Gasteiger partial charge < -0.3 is 4.74 Å². The maximum absolute atomic E-state index is 11.0. The van der Waals surface area contributed by atoms with Gasteiger partial charge in [0.2, 0.25) is 0 Å². The molecule has 0 fully saturated rings. The first-order chi connectivity index (χ1) is 13.1. The van der Waals surface area contributed by atoms with E-state index >= 15 is 0 Å². The number of nitriles is 1. The fraction of sp³-hybridized carbons (Fsp3) is 0.100. The predicted molar refractivity (Wildman–Crippen MR) is 105 cm³/mol. The Bertz CT molecular complexity index is 1050. The van der Waals surface area contributed by atoms with E-state index in [-0.39, 0.29) is 5.69 Å². The molecule has 0 unspecified atom stereocenters. The van der Waals surface area contributed by atoms with Gasteiger partial charge in [-0.05, 0) is 19.1 Å². The second-order valence-corrected chi connectivity index (χ2v) is 6.34. The molecule has 0 N–H and O–H groups in total. The molecule has 3 aromatic rings. The van der Waals surface area contributed by atoms with Gasteiger partial charge in [-0.3, -0.25) is 10.1 Å². The third-order valence-electron chi connectivity index (χ3n) is 3.73. The van der Waals surface area contributed by atoms with Gasteiger partial charge in [0.25, 0.3) is 5.69 Å². The number of nitro groups is 1. The van der Waals surface area contributed by atoms with Crippen LogP contribution < -0.4 is 4.74 Å². The first-order valence-corrected chi connectivity index (χ1v) is 9.04. The van der Waals surface area contributed by atoms with Crippen molar-refractivity contribution in [3.8, 4) is 23.1 Å². The van der Waals surface area contributed by atoms with Crippen LogP contribution >= 0.6 is 11.3 Å². The maximum atomic E-state index is 11.0. The minimum atomic E-state index is -0.442. The van der Waals surface area contributed by atoms with Gasteiger partial charge in [0.05, 0.1) is 22.8 Å². The molecule has 0 aliphatic rings. The van der Waals surface area contributed by atoms with Crippen molar-refractivity contribution in [3.05, 3.63) is 74.6 Å². The van der Waals surface area contributed by atoms with E-state index in [1.165, 1.54) is 23.5 Å². The normalized spacial score (nSPS) is 11.0. The van der Waals surface area contributed by atoms with Crippen LogP contribution in [0.4, 0.5) is 5.69 Å². The zero-order valence-electron chi connectivity index (χ0n) is 14.5. The molecule has 134 valence electrons.